The second kappa shape index (κ2) is 13.2. The molecule has 1 aromatic rings. The molecule has 3 heterocycles. The van der Waals surface area contributed by atoms with Gasteiger partial charge in [0.1, 0.15) is 0 Å². The SMILES string of the molecule is CC(C)(C)C(=O)c1ccc(CN[C@]23CNCCNC[C@](N)(CNCCNC2)CNCCNC3)cc1. The molecule has 0 atom stereocenters. The summed E-state index contributed by atoms with van der Waals surface area (Å²) in [6, 6.07) is 8.05. The van der Waals surface area contributed by atoms with Crippen LogP contribution in [-0.2, 0) is 6.54 Å². The van der Waals surface area contributed by atoms with E-state index in [0.29, 0.717) is 0 Å². The van der Waals surface area contributed by atoms with Crippen molar-refractivity contribution in [3.63, 3.8) is 0 Å². The number of ketones is 1. The Balaban J connectivity index is 1.70. The van der Waals surface area contributed by atoms with Crippen LogP contribution >= 0.6 is 0 Å². The maximum Gasteiger partial charge on any atom is 0.168 e. The van der Waals surface area contributed by atoms with E-state index in [1.165, 1.54) is 5.56 Å². The van der Waals surface area contributed by atoms with Gasteiger partial charge in [-0.25, -0.2) is 0 Å². The first-order valence-corrected chi connectivity index (χ1v) is 13.1. The van der Waals surface area contributed by atoms with Crippen molar-refractivity contribution in [1.29, 1.82) is 0 Å². The van der Waals surface area contributed by atoms with Crippen LogP contribution in [0.1, 0.15) is 36.7 Å². The van der Waals surface area contributed by atoms with Crippen LogP contribution in [0.2, 0.25) is 0 Å². The zero-order chi connectivity index (χ0) is 25.2. The largest absolute Gasteiger partial charge is 0.322 e. The summed E-state index contributed by atoms with van der Waals surface area (Å²) in [5.41, 5.74) is 7.79. The first-order chi connectivity index (χ1) is 16.7. The molecule has 3 saturated heterocycles. The Morgan fingerprint density at radius 3 is 1.57 bits per heavy atom. The minimum atomic E-state index is -0.372. The molecule has 0 spiro atoms. The summed E-state index contributed by atoms with van der Waals surface area (Å²) >= 11 is 0. The number of hydrogen-bond acceptors (Lipinski definition) is 9. The van der Waals surface area contributed by atoms with Crippen LogP contribution in [0.5, 0.6) is 0 Å². The number of hydrogen-bond donors (Lipinski definition) is 8. The molecular formula is C26H48N8O. The van der Waals surface area contributed by atoms with Crippen LogP contribution in [0.3, 0.4) is 0 Å². The van der Waals surface area contributed by atoms with E-state index >= 15 is 0 Å². The third-order valence-electron chi connectivity index (χ3n) is 6.82. The molecule has 0 aromatic heterocycles. The van der Waals surface area contributed by atoms with E-state index in [9.17, 15) is 4.79 Å². The number of carbonyl (C=O) groups is 1. The predicted octanol–water partition coefficient (Wildman–Crippen LogP) is -0.994. The maximum absolute atomic E-state index is 12.6. The van der Waals surface area contributed by atoms with Gasteiger partial charge in [0, 0.05) is 96.1 Å². The van der Waals surface area contributed by atoms with Crippen molar-refractivity contribution in [2.24, 2.45) is 11.1 Å². The smallest absolute Gasteiger partial charge is 0.168 e. The molecule has 0 saturated carbocycles. The molecule has 0 unspecified atom stereocenters. The van der Waals surface area contributed by atoms with Crippen molar-refractivity contribution in [3.05, 3.63) is 35.4 Å². The zero-order valence-corrected chi connectivity index (χ0v) is 22.0. The van der Waals surface area contributed by atoms with Gasteiger partial charge in [-0.2, -0.15) is 0 Å². The van der Waals surface area contributed by atoms with E-state index < -0.39 is 0 Å². The monoisotopic (exact) mass is 488 g/mol. The third-order valence-corrected chi connectivity index (χ3v) is 6.82. The molecule has 9 N–H and O–H groups in total. The minimum Gasteiger partial charge on any atom is -0.322 e. The fourth-order valence-electron chi connectivity index (χ4n) is 4.58. The Hall–Kier alpha value is -1.43. The molecule has 3 aliphatic rings. The van der Waals surface area contributed by atoms with Gasteiger partial charge in [-0.05, 0) is 5.56 Å². The predicted molar refractivity (Wildman–Crippen MR) is 144 cm³/mol. The highest BCUT2D eigenvalue weighted by Crippen LogP contribution is 2.21. The van der Waals surface area contributed by atoms with Crippen molar-refractivity contribution in [2.75, 3.05) is 78.5 Å². The Kier molecular flexibility index (Phi) is 10.6. The molecule has 4 rings (SSSR count). The molecule has 9 nitrogen and oxygen atoms in total. The quantitative estimate of drug-likeness (QED) is 0.252. The van der Waals surface area contributed by atoms with Gasteiger partial charge in [-0.3, -0.25) is 4.79 Å². The van der Waals surface area contributed by atoms with Crippen molar-refractivity contribution >= 4 is 5.78 Å². The molecule has 0 amide bonds. The first kappa shape index (κ1) is 28.1. The van der Waals surface area contributed by atoms with Gasteiger partial charge < -0.3 is 43.0 Å². The second-order valence-corrected chi connectivity index (χ2v) is 11.3. The molecule has 0 aliphatic carbocycles. The summed E-state index contributed by atoms with van der Waals surface area (Å²) in [6.45, 7) is 16.7. The Bertz CT molecular complexity index is 733. The lowest BCUT2D eigenvalue weighted by Gasteiger charge is -2.37. The molecule has 198 valence electrons. The zero-order valence-electron chi connectivity index (χ0n) is 22.0. The normalized spacial score (nSPS) is 28.2. The molecule has 2 bridgehead atoms. The number of fused-ring (bicyclic) bond motifs is 15. The average Bonchev–Trinajstić information content (AvgIpc) is 2.83. The lowest BCUT2D eigenvalue weighted by molar-refractivity contribution is 0.0858. The third kappa shape index (κ3) is 9.18. The van der Waals surface area contributed by atoms with Crippen LogP contribution in [0.25, 0.3) is 0 Å². The number of Topliss-reactive ketones (excluding diaryl/α,β-unsaturated/α-hetero) is 1. The fraction of sp³-hybridized carbons (Fsp3) is 0.731. The van der Waals surface area contributed by atoms with Crippen molar-refractivity contribution in [1.82, 2.24) is 37.2 Å². The van der Waals surface area contributed by atoms with Gasteiger partial charge in [-0.15, -0.1) is 0 Å². The first-order valence-electron chi connectivity index (χ1n) is 13.1. The highest BCUT2D eigenvalue weighted by atomic mass is 16.1. The van der Waals surface area contributed by atoms with Gasteiger partial charge in [-0.1, -0.05) is 45.0 Å². The van der Waals surface area contributed by atoms with Gasteiger partial charge in [0.2, 0.25) is 0 Å². The highest BCUT2D eigenvalue weighted by molar-refractivity contribution is 5.99. The fourth-order valence-corrected chi connectivity index (χ4v) is 4.58. The maximum atomic E-state index is 12.6. The van der Waals surface area contributed by atoms with Crippen LogP contribution in [0.4, 0.5) is 0 Å². The lowest BCUT2D eigenvalue weighted by atomic mass is 9.86. The van der Waals surface area contributed by atoms with Crippen LogP contribution in [-0.4, -0.2) is 95.4 Å². The van der Waals surface area contributed by atoms with E-state index in [1.807, 2.05) is 32.9 Å². The van der Waals surface area contributed by atoms with Crippen molar-refractivity contribution in [3.8, 4) is 0 Å². The highest BCUT2D eigenvalue weighted by Gasteiger charge is 2.30. The molecule has 1 aromatic carbocycles. The standard InChI is InChI=1S/C26H48N8O/c1-24(2,3)23(35)22-6-4-21(5-7-22)14-34-26-18-31-11-8-28-15-25(27,16-29-9-12-32-19-26)17-30-10-13-33-20-26/h4-7,28-34H,8-20,27H2,1-3H3/t25-,26+. The van der Waals surface area contributed by atoms with E-state index in [4.69, 9.17) is 5.73 Å². The van der Waals surface area contributed by atoms with Crippen LogP contribution in [0.15, 0.2) is 24.3 Å². The summed E-state index contributed by atoms with van der Waals surface area (Å²) in [5, 5.41) is 25.4. The van der Waals surface area contributed by atoms with E-state index in [-0.39, 0.29) is 22.3 Å². The van der Waals surface area contributed by atoms with Gasteiger partial charge >= 0.3 is 0 Å². The number of carbonyl (C=O) groups excluding carboxylic acids is 1. The molecule has 9 heteroatoms. The lowest BCUT2D eigenvalue weighted by Crippen LogP contribution is -2.66. The van der Waals surface area contributed by atoms with Gasteiger partial charge in [0.25, 0.3) is 0 Å². The summed E-state index contributed by atoms with van der Waals surface area (Å²) in [4.78, 5) is 12.6. The molecule has 3 fully saturated rings. The number of benzene rings is 1. The number of nitrogens with one attached hydrogen (secondary N) is 7. The molecule has 0 radical (unpaired) electrons. The molecular weight excluding hydrogens is 440 g/mol. The van der Waals surface area contributed by atoms with Crippen LogP contribution < -0.4 is 43.0 Å². The molecule has 35 heavy (non-hydrogen) atoms. The topological polar surface area (TPSA) is 127 Å². The Morgan fingerprint density at radius 1 is 0.771 bits per heavy atom. The van der Waals surface area contributed by atoms with E-state index in [0.717, 1.165) is 90.6 Å². The van der Waals surface area contributed by atoms with Crippen molar-refractivity contribution in [2.45, 2.75) is 38.4 Å². The van der Waals surface area contributed by atoms with E-state index in [1.54, 1.807) is 0 Å². The summed E-state index contributed by atoms with van der Waals surface area (Å²) in [5.74, 6) is 0.174. The van der Waals surface area contributed by atoms with Crippen molar-refractivity contribution < 1.29 is 4.79 Å². The summed E-state index contributed by atoms with van der Waals surface area (Å²) in [7, 11) is 0. The van der Waals surface area contributed by atoms with Gasteiger partial charge in [0.05, 0.1) is 11.1 Å². The number of nitrogens with two attached hydrogens (primary N) is 1. The minimum absolute atomic E-state index is 0.161. The Morgan fingerprint density at radius 2 is 1.17 bits per heavy atom. The summed E-state index contributed by atoms with van der Waals surface area (Å²) < 4.78 is 0. The van der Waals surface area contributed by atoms with Crippen LogP contribution in [0, 0.1) is 5.41 Å². The molecule has 3 aliphatic heterocycles. The Labute approximate surface area is 211 Å². The van der Waals surface area contributed by atoms with Gasteiger partial charge in [0.15, 0.2) is 5.78 Å². The van der Waals surface area contributed by atoms with E-state index in [2.05, 4.69) is 49.4 Å². The summed E-state index contributed by atoms with van der Waals surface area (Å²) in [6.07, 6.45) is 0. The second-order valence-electron chi connectivity index (χ2n) is 11.3. The number of rotatable bonds is 4. The average molecular weight is 489 g/mol.